The lowest BCUT2D eigenvalue weighted by Crippen LogP contribution is -2.33. The minimum Gasteiger partial charge on any atom is -0.371 e. The highest BCUT2D eigenvalue weighted by atomic mass is 16.2. The molecule has 1 fully saturated rings. The van der Waals surface area contributed by atoms with E-state index in [0.29, 0.717) is 12.5 Å². The van der Waals surface area contributed by atoms with Gasteiger partial charge in [-0.2, -0.15) is 0 Å². The SMILES string of the molecule is O=C(Cn1cnnn1)NC[C@@H]1CCN(c2ccccc2)C1. The van der Waals surface area contributed by atoms with Crippen LogP contribution in [0.4, 0.5) is 5.69 Å². The number of anilines is 1. The molecule has 3 rings (SSSR count). The molecule has 1 saturated heterocycles. The minimum atomic E-state index is -0.0551. The Morgan fingerprint density at radius 1 is 1.33 bits per heavy atom. The number of tetrazole rings is 1. The van der Waals surface area contributed by atoms with Crippen LogP contribution in [0.1, 0.15) is 6.42 Å². The standard InChI is InChI=1S/C14H18N6O/c21-14(10-20-11-16-17-18-20)15-8-12-6-7-19(9-12)13-4-2-1-3-5-13/h1-5,11-12H,6-10H2,(H,15,21)/t12-/m0/s1. The van der Waals surface area contributed by atoms with Gasteiger partial charge in [-0.15, -0.1) is 5.10 Å². The molecule has 0 spiro atoms. The van der Waals surface area contributed by atoms with Crippen LogP contribution in [-0.2, 0) is 11.3 Å². The molecule has 0 aliphatic carbocycles. The first-order chi connectivity index (χ1) is 10.3. The van der Waals surface area contributed by atoms with Crippen LogP contribution in [0.5, 0.6) is 0 Å². The van der Waals surface area contributed by atoms with E-state index in [0.717, 1.165) is 19.5 Å². The molecule has 1 atom stereocenters. The van der Waals surface area contributed by atoms with Gasteiger partial charge in [0.2, 0.25) is 5.91 Å². The second-order valence-electron chi connectivity index (χ2n) is 5.25. The zero-order valence-electron chi connectivity index (χ0n) is 11.7. The van der Waals surface area contributed by atoms with Crippen LogP contribution in [0.3, 0.4) is 0 Å². The zero-order chi connectivity index (χ0) is 14.5. The number of carbonyl (C=O) groups excluding carboxylic acids is 1. The molecule has 1 aromatic carbocycles. The van der Waals surface area contributed by atoms with E-state index in [9.17, 15) is 4.79 Å². The summed E-state index contributed by atoms with van der Waals surface area (Å²) < 4.78 is 1.42. The van der Waals surface area contributed by atoms with Gasteiger partial charge in [-0.05, 0) is 34.9 Å². The van der Waals surface area contributed by atoms with Crippen molar-refractivity contribution >= 4 is 11.6 Å². The fourth-order valence-electron chi connectivity index (χ4n) is 2.59. The van der Waals surface area contributed by atoms with E-state index in [1.165, 1.54) is 16.7 Å². The van der Waals surface area contributed by atoms with E-state index in [1.807, 2.05) is 6.07 Å². The van der Waals surface area contributed by atoms with Gasteiger partial charge in [0.25, 0.3) is 0 Å². The molecule has 0 unspecified atom stereocenters. The molecule has 0 bridgehead atoms. The van der Waals surface area contributed by atoms with E-state index in [-0.39, 0.29) is 12.5 Å². The van der Waals surface area contributed by atoms with Crippen molar-refractivity contribution in [3.05, 3.63) is 36.7 Å². The molecule has 1 aliphatic heterocycles. The normalized spacial score (nSPS) is 17.9. The molecule has 7 nitrogen and oxygen atoms in total. The Balaban J connectivity index is 1.44. The van der Waals surface area contributed by atoms with Gasteiger partial charge >= 0.3 is 0 Å². The Morgan fingerprint density at radius 3 is 2.95 bits per heavy atom. The number of nitrogens with zero attached hydrogens (tertiary/aromatic N) is 5. The molecule has 1 amide bonds. The topological polar surface area (TPSA) is 75.9 Å². The predicted molar refractivity (Wildman–Crippen MR) is 77.6 cm³/mol. The number of carbonyl (C=O) groups is 1. The van der Waals surface area contributed by atoms with Crippen LogP contribution in [0.15, 0.2) is 36.7 Å². The third-order valence-electron chi connectivity index (χ3n) is 3.69. The van der Waals surface area contributed by atoms with E-state index < -0.39 is 0 Å². The summed E-state index contributed by atoms with van der Waals surface area (Å²) in [5.41, 5.74) is 1.25. The summed E-state index contributed by atoms with van der Waals surface area (Å²) in [4.78, 5) is 14.1. The second-order valence-corrected chi connectivity index (χ2v) is 5.25. The van der Waals surface area contributed by atoms with Crippen molar-refractivity contribution in [1.29, 1.82) is 0 Å². The molecule has 1 aliphatic rings. The number of rotatable bonds is 5. The van der Waals surface area contributed by atoms with Crippen LogP contribution in [-0.4, -0.2) is 45.7 Å². The van der Waals surface area contributed by atoms with Crippen molar-refractivity contribution in [3.8, 4) is 0 Å². The molecule has 110 valence electrons. The highest BCUT2D eigenvalue weighted by Gasteiger charge is 2.22. The molecule has 2 heterocycles. The number of amides is 1. The number of aromatic nitrogens is 4. The Labute approximate surface area is 122 Å². The third-order valence-corrected chi connectivity index (χ3v) is 3.69. The average Bonchev–Trinajstić information content (AvgIpc) is 3.17. The molecular formula is C14H18N6O. The molecule has 21 heavy (non-hydrogen) atoms. The van der Waals surface area contributed by atoms with Crippen molar-refractivity contribution in [2.75, 3.05) is 24.5 Å². The van der Waals surface area contributed by atoms with Crippen molar-refractivity contribution < 1.29 is 4.79 Å². The Bertz CT molecular complexity index is 570. The number of hydrogen-bond donors (Lipinski definition) is 1. The highest BCUT2D eigenvalue weighted by molar-refractivity contribution is 5.75. The lowest BCUT2D eigenvalue weighted by Gasteiger charge is -2.18. The van der Waals surface area contributed by atoms with Crippen LogP contribution in [0.2, 0.25) is 0 Å². The summed E-state index contributed by atoms with van der Waals surface area (Å²) in [6.07, 6.45) is 2.53. The van der Waals surface area contributed by atoms with Gasteiger partial charge < -0.3 is 10.2 Å². The largest absolute Gasteiger partial charge is 0.371 e. The molecular weight excluding hydrogens is 268 g/mol. The van der Waals surface area contributed by atoms with Gasteiger partial charge in [0.05, 0.1) is 0 Å². The Morgan fingerprint density at radius 2 is 2.19 bits per heavy atom. The summed E-state index contributed by atoms with van der Waals surface area (Å²) >= 11 is 0. The fraction of sp³-hybridized carbons (Fsp3) is 0.429. The van der Waals surface area contributed by atoms with Gasteiger partial charge in [-0.3, -0.25) is 4.79 Å². The first-order valence-electron chi connectivity index (χ1n) is 7.09. The summed E-state index contributed by atoms with van der Waals surface area (Å²) in [5, 5.41) is 13.6. The van der Waals surface area contributed by atoms with Gasteiger partial charge in [0.15, 0.2) is 0 Å². The quantitative estimate of drug-likeness (QED) is 0.856. The Kier molecular flexibility index (Phi) is 4.09. The maximum Gasteiger partial charge on any atom is 0.241 e. The molecule has 0 saturated carbocycles. The van der Waals surface area contributed by atoms with E-state index in [4.69, 9.17) is 0 Å². The summed E-state index contributed by atoms with van der Waals surface area (Å²) in [5.74, 6) is 0.434. The first-order valence-corrected chi connectivity index (χ1v) is 7.09. The molecule has 1 N–H and O–H groups in total. The van der Waals surface area contributed by atoms with Gasteiger partial charge in [-0.25, -0.2) is 4.68 Å². The lowest BCUT2D eigenvalue weighted by molar-refractivity contribution is -0.122. The molecule has 7 heteroatoms. The first kappa shape index (κ1) is 13.5. The van der Waals surface area contributed by atoms with Gasteiger partial charge in [-0.1, -0.05) is 18.2 Å². The fourth-order valence-corrected chi connectivity index (χ4v) is 2.59. The predicted octanol–water partition coefficient (Wildman–Crippen LogP) is 0.316. The molecule has 1 aromatic heterocycles. The highest BCUT2D eigenvalue weighted by Crippen LogP contribution is 2.22. The minimum absolute atomic E-state index is 0.0551. The molecule has 2 aromatic rings. The van der Waals surface area contributed by atoms with Gasteiger partial charge in [0.1, 0.15) is 12.9 Å². The van der Waals surface area contributed by atoms with Crippen molar-refractivity contribution in [2.45, 2.75) is 13.0 Å². The average molecular weight is 286 g/mol. The maximum atomic E-state index is 11.8. The number of hydrogen-bond acceptors (Lipinski definition) is 5. The number of para-hydroxylation sites is 1. The van der Waals surface area contributed by atoms with Crippen LogP contribution < -0.4 is 10.2 Å². The summed E-state index contributed by atoms with van der Waals surface area (Å²) in [6.45, 7) is 2.89. The van der Waals surface area contributed by atoms with Crippen LogP contribution in [0, 0.1) is 5.92 Å². The monoisotopic (exact) mass is 286 g/mol. The maximum absolute atomic E-state index is 11.8. The van der Waals surface area contributed by atoms with Gasteiger partial charge in [0, 0.05) is 25.3 Å². The van der Waals surface area contributed by atoms with E-state index >= 15 is 0 Å². The second kappa shape index (κ2) is 6.34. The van der Waals surface area contributed by atoms with E-state index in [1.54, 1.807) is 0 Å². The van der Waals surface area contributed by atoms with Crippen molar-refractivity contribution in [3.63, 3.8) is 0 Å². The third kappa shape index (κ3) is 3.56. The Hall–Kier alpha value is -2.44. The van der Waals surface area contributed by atoms with Crippen molar-refractivity contribution in [2.24, 2.45) is 5.92 Å². The van der Waals surface area contributed by atoms with Crippen LogP contribution >= 0.6 is 0 Å². The number of benzene rings is 1. The summed E-state index contributed by atoms with van der Waals surface area (Å²) in [6, 6.07) is 10.4. The zero-order valence-corrected chi connectivity index (χ0v) is 11.7. The van der Waals surface area contributed by atoms with Crippen LogP contribution in [0.25, 0.3) is 0 Å². The smallest absolute Gasteiger partial charge is 0.241 e. The number of nitrogens with one attached hydrogen (secondary N) is 1. The van der Waals surface area contributed by atoms with Crippen molar-refractivity contribution in [1.82, 2.24) is 25.5 Å². The van der Waals surface area contributed by atoms with E-state index in [2.05, 4.69) is 50.0 Å². The summed E-state index contributed by atoms with van der Waals surface area (Å²) in [7, 11) is 0. The lowest BCUT2D eigenvalue weighted by atomic mass is 10.1. The molecule has 0 radical (unpaired) electrons.